The number of ether oxygens (including phenoxy) is 1. The summed E-state index contributed by atoms with van der Waals surface area (Å²) >= 11 is 3.37. The van der Waals surface area contributed by atoms with E-state index in [2.05, 4.69) is 21.2 Å². The minimum atomic E-state index is -0.236. The Kier molecular flexibility index (Phi) is 6.45. The molecule has 3 nitrogen and oxygen atoms in total. The number of nitrogens with one attached hydrogen (secondary N) is 1. The average molecular weight is 288 g/mol. The smallest absolute Gasteiger partial charge is 0.119 e. The molecule has 0 heterocycles. The SMILES string of the molecule is CC(O)CCNCCOc1ccc(Br)cc1. The van der Waals surface area contributed by atoms with Crippen LogP contribution in [-0.4, -0.2) is 30.9 Å². The molecule has 0 aromatic heterocycles. The van der Waals surface area contributed by atoms with Gasteiger partial charge in [-0.2, -0.15) is 0 Å². The molecule has 16 heavy (non-hydrogen) atoms. The van der Waals surface area contributed by atoms with Crippen molar-refractivity contribution in [2.45, 2.75) is 19.4 Å². The van der Waals surface area contributed by atoms with Gasteiger partial charge in [0.2, 0.25) is 0 Å². The van der Waals surface area contributed by atoms with Gasteiger partial charge in [-0.05, 0) is 44.2 Å². The molecule has 4 heteroatoms. The van der Waals surface area contributed by atoms with Gasteiger partial charge in [0.15, 0.2) is 0 Å². The third-order valence-corrected chi connectivity index (χ3v) is 2.63. The quantitative estimate of drug-likeness (QED) is 0.756. The van der Waals surface area contributed by atoms with E-state index in [9.17, 15) is 0 Å². The van der Waals surface area contributed by atoms with Gasteiger partial charge in [-0.1, -0.05) is 15.9 Å². The number of halogens is 1. The highest BCUT2D eigenvalue weighted by Gasteiger charge is 1.95. The fraction of sp³-hybridized carbons (Fsp3) is 0.500. The van der Waals surface area contributed by atoms with E-state index in [0.717, 1.165) is 29.7 Å². The van der Waals surface area contributed by atoms with E-state index < -0.39 is 0 Å². The van der Waals surface area contributed by atoms with Gasteiger partial charge in [-0.25, -0.2) is 0 Å². The largest absolute Gasteiger partial charge is 0.492 e. The summed E-state index contributed by atoms with van der Waals surface area (Å²) in [7, 11) is 0. The lowest BCUT2D eigenvalue weighted by Crippen LogP contribution is -2.24. The van der Waals surface area contributed by atoms with Gasteiger partial charge in [-0.15, -0.1) is 0 Å². The Bertz CT molecular complexity index is 288. The van der Waals surface area contributed by atoms with Gasteiger partial charge in [0.25, 0.3) is 0 Å². The lowest BCUT2D eigenvalue weighted by Gasteiger charge is -2.08. The molecular weight excluding hydrogens is 270 g/mol. The number of hydrogen-bond donors (Lipinski definition) is 2. The van der Waals surface area contributed by atoms with Crippen LogP contribution in [0, 0.1) is 0 Å². The monoisotopic (exact) mass is 287 g/mol. The maximum Gasteiger partial charge on any atom is 0.119 e. The second-order valence-electron chi connectivity index (χ2n) is 3.69. The van der Waals surface area contributed by atoms with Crippen LogP contribution in [0.3, 0.4) is 0 Å². The molecule has 0 saturated carbocycles. The van der Waals surface area contributed by atoms with Crippen LogP contribution in [0.25, 0.3) is 0 Å². The first-order chi connectivity index (χ1) is 7.68. The molecule has 2 N–H and O–H groups in total. The van der Waals surface area contributed by atoms with E-state index in [4.69, 9.17) is 9.84 Å². The lowest BCUT2D eigenvalue weighted by atomic mass is 10.3. The molecule has 1 unspecified atom stereocenters. The number of aliphatic hydroxyl groups excluding tert-OH is 1. The summed E-state index contributed by atoms with van der Waals surface area (Å²) in [6, 6.07) is 7.77. The molecular formula is C12H18BrNO2. The van der Waals surface area contributed by atoms with Crippen molar-refractivity contribution in [3.8, 4) is 5.75 Å². The van der Waals surface area contributed by atoms with Crippen LogP contribution < -0.4 is 10.1 Å². The van der Waals surface area contributed by atoms with Crippen LogP contribution in [-0.2, 0) is 0 Å². The van der Waals surface area contributed by atoms with E-state index in [-0.39, 0.29) is 6.10 Å². The molecule has 0 bridgehead atoms. The Morgan fingerprint density at radius 2 is 2.00 bits per heavy atom. The maximum absolute atomic E-state index is 9.04. The second-order valence-corrected chi connectivity index (χ2v) is 4.61. The van der Waals surface area contributed by atoms with Crippen molar-refractivity contribution in [3.63, 3.8) is 0 Å². The van der Waals surface area contributed by atoms with Crippen LogP contribution in [0.5, 0.6) is 5.75 Å². The first-order valence-electron chi connectivity index (χ1n) is 5.45. The van der Waals surface area contributed by atoms with Crippen molar-refractivity contribution < 1.29 is 9.84 Å². The van der Waals surface area contributed by atoms with E-state index in [1.165, 1.54) is 0 Å². The third kappa shape index (κ3) is 6.10. The van der Waals surface area contributed by atoms with Crippen LogP contribution in [0.2, 0.25) is 0 Å². The average Bonchev–Trinajstić information content (AvgIpc) is 2.25. The van der Waals surface area contributed by atoms with Gasteiger partial charge in [-0.3, -0.25) is 0 Å². The molecule has 90 valence electrons. The van der Waals surface area contributed by atoms with Crippen molar-refractivity contribution >= 4 is 15.9 Å². The van der Waals surface area contributed by atoms with Crippen LogP contribution in [0.4, 0.5) is 0 Å². The molecule has 0 radical (unpaired) electrons. The Labute approximate surface area is 105 Å². The molecule has 1 aromatic rings. The van der Waals surface area contributed by atoms with Crippen LogP contribution >= 0.6 is 15.9 Å². The van der Waals surface area contributed by atoms with Crippen molar-refractivity contribution in [2.24, 2.45) is 0 Å². The molecule has 1 rings (SSSR count). The molecule has 1 aromatic carbocycles. The van der Waals surface area contributed by atoms with E-state index >= 15 is 0 Å². The fourth-order valence-corrected chi connectivity index (χ4v) is 1.47. The third-order valence-electron chi connectivity index (χ3n) is 2.10. The minimum absolute atomic E-state index is 0.236. The predicted molar refractivity (Wildman–Crippen MR) is 68.8 cm³/mol. The second kappa shape index (κ2) is 7.65. The predicted octanol–water partition coefficient (Wildman–Crippen LogP) is 2.19. The summed E-state index contributed by atoms with van der Waals surface area (Å²) in [6.45, 7) is 4.05. The lowest BCUT2D eigenvalue weighted by molar-refractivity contribution is 0.182. The van der Waals surface area contributed by atoms with Crippen molar-refractivity contribution in [1.29, 1.82) is 0 Å². The zero-order valence-corrected chi connectivity index (χ0v) is 11.0. The Morgan fingerprint density at radius 1 is 1.31 bits per heavy atom. The molecule has 0 fully saturated rings. The van der Waals surface area contributed by atoms with Gasteiger partial charge in [0, 0.05) is 11.0 Å². The molecule has 0 aliphatic rings. The van der Waals surface area contributed by atoms with Gasteiger partial charge >= 0.3 is 0 Å². The molecule has 0 amide bonds. The molecule has 0 aliphatic heterocycles. The Balaban J connectivity index is 2.05. The molecule has 0 spiro atoms. The number of benzene rings is 1. The van der Waals surface area contributed by atoms with Crippen molar-refractivity contribution in [1.82, 2.24) is 5.32 Å². The first-order valence-corrected chi connectivity index (χ1v) is 6.25. The first kappa shape index (κ1) is 13.5. The van der Waals surface area contributed by atoms with E-state index in [1.54, 1.807) is 6.92 Å². The summed E-state index contributed by atoms with van der Waals surface area (Å²) < 4.78 is 6.57. The van der Waals surface area contributed by atoms with Gasteiger partial charge in [0.05, 0.1) is 6.10 Å². The summed E-state index contributed by atoms with van der Waals surface area (Å²) in [5, 5.41) is 12.2. The highest BCUT2D eigenvalue weighted by Crippen LogP contribution is 2.15. The number of rotatable bonds is 7. The zero-order chi connectivity index (χ0) is 11.8. The fourth-order valence-electron chi connectivity index (χ4n) is 1.21. The summed E-state index contributed by atoms with van der Waals surface area (Å²) in [4.78, 5) is 0. The zero-order valence-electron chi connectivity index (χ0n) is 9.45. The van der Waals surface area contributed by atoms with Crippen LogP contribution in [0.15, 0.2) is 28.7 Å². The highest BCUT2D eigenvalue weighted by molar-refractivity contribution is 9.10. The molecule has 0 aliphatic carbocycles. The van der Waals surface area contributed by atoms with Gasteiger partial charge < -0.3 is 15.2 Å². The van der Waals surface area contributed by atoms with Crippen LogP contribution in [0.1, 0.15) is 13.3 Å². The normalized spacial score (nSPS) is 12.4. The molecule has 0 saturated heterocycles. The van der Waals surface area contributed by atoms with Gasteiger partial charge in [0.1, 0.15) is 12.4 Å². The summed E-state index contributed by atoms with van der Waals surface area (Å²) in [6.07, 6.45) is 0.540. The van der Waals surface area contributed by atoms with E-state index in [1.807, 2.05) is 24.3 Å². The minimum Gasteiger partial charge on any atom is -0.492 e. The van der Waals surface area contributed by atoms with Crippen molar-refractivity contribution in [2.75, 3.05) is 19.7 Å². The number of aliphatic hydroxyl groups is 1. The highest BCUT2D eigenvalue weighted by atomic mass is 79.9. The van der Waals surface area contributed by atoms with Crippen molar-refractivity contribution in [3.05, 3.63) is 28.7 Å². The topological polar surface area (TPSA) is 41.5 Å². The number of hydrogen-bond acceptors (Lipinski definition) is 3. The summed E-state index contributed by atoms with van der Waals surface area (Å²) in [5.74, 6) is 0.875. The standard InChI is InChI=1S/C12H18BrNO2/c1-10(15)6-7-14-8-9-16-12-4-2-11(13)3-5-12/h2-5,10,14-15H,6-9H2,1H3. The Hall–Kier alpha value is -0.580. The molecule has 1 atom stereocenters. The van der Waals surface area contributed by atoms with E-state index in [0.29, 0.717) is 6.61 Å². The Morgan fingerprint density at radius 3 is 2.62 bits per heavy atom. The summed E-state index contributed by atoms with van der Waals surface area (Å²) in [5.41, 5.74) is 0. The maximum atomic E-state index is 9.04.